The quantitative estimate of drug-likeness (QED) is 0.625. The van der Waals surface area contributed by atoms with Crippen LogP contribution in [0.4, 0.5) is 0 Å². The zero-order chi connectivity index (χ0) is 16.2. The molecule has 0 aliphatic rings. The zero-order valence-corrected chi connectivity index (χ0v) is 12.9. The van der Waals surface area contributed by atoms with Crippen molar-refractivity contribution in [2.24, 2.45) is 0 Å². The summed E-state index contributed by atoms with van der Waals surface area (Å²) in [5.41, 5.74) is 5.38. The van der Waals surface area contributed by atoms with Gasteiger partial charge in [0.25, 0.3) is 0 Å². The van der Waals surface area contributed by atoms with Crippen LogP contribution in [0.2, 0.25) is 0 Å². The normalized spacial score (nSPS) is 10.3. The van der Waals surface area contributed by atoms with Gasteiger partial charge in [-0.2, -0.15) is 0 Å². The lowest BCUT2D eigenvalue weighted by molar-refractivity contribution is 0.476. The molecule has 3 aromatic carbocycles. The standard InChI is InChI=1S/C22H18O/c1-3-16-15-20(17-11-7-5-8-12-17)19(4-2)22(23)21(16)18-13-9-6-10-14-18/h3-15,23H,1-2H2. The summed E-state index contributed by atoms with van der Waals surface area (Å²) >= 11 is 0. The number of aromatic hydroxyl groups is 1. The number of hydrogen-bond donors (Lipinski definition) is 1. The van der Waals surface area contributed by atoms with Crippen LogP contribution in [-0.4, -0.2) is 5.11 Å². The Labute approximate surface area is 136 Å². The lowest BCUT2D eigenvalue weighted by atomic mass is 9.89. The average Bonchev–Trinajstić information content (AvgIpc) is 2.62. The summed E-state index contributed by atoms with van der Waals surface area (Å²) < 4.78 is 0. The van der Waals surface area contributed by atoms with Crippen molar-refractivity contribution in [3.05, 3.63) is 91.0 Å². The number of benzene rings is 3. The molecule has 0 unspecified atom stereocenters. The summed E-state index contributed by atoms with van der Waals surface area (Å²) in [6.07, 6.45) is 3.48. The van der Waals surface area contributed by atoms with Crippen molar-refractivity contribution in [1.82, 2.24) is 0 Å². The van der Waals surface area contributed by atoms with E-state index in [1.807, 2.05) is 60.7 Å². The van der Waals surface area contributed by atoms with Crippen LogP contribution in [0.1, 0.15) is 11.1 Å². The van der Waals surface area contributed by atoms with Gasteiger partial charge in [0, 0.05) is 11.1 Å². The SMILES string of the molecule is C=Cc1cc(-c2ccccc2)c(C=C)c(O)c1-c1ccccc1. The van der Waals surface area contributed by atoms with Gasteiger partial charge in [0.1, 0.15) is 5.75 Å². The fourth-order valence-corrected chi connectivity index (χ4v) is 2.84. The smallest absolute Gasteiger partial charge is 0.131 e. The second kappa shape index (κ2) is 6.37. The summed E-state index contributed by atoms with van der Waals surface area (Å²) in [7, 11) is 0. The second-order valence-electron chi connectivity index (χ2n) is 5.29. The second-order valence-corrected chi connectivity index (χ2v) is 5.29. The van der Waals surface area contributed by atoms with Crippen molar-refractivity contribution in [2.45, 2.75) is 0 Å². The first-order chi connectivity index (χ1) is 11.3. The molecule has 0 aliphatic carbocycles. The minimum atomic E-state index is 0.238. The molecule has 0 saturated heterocycles. The summed E-state index contributed by atoms with van der Waals surface area (Å²) in [5, 5.41) is 10.9. The molecule has 1 nitrogen and oxygen atoms in total. The third kappa shape index (κ3) is 2.69. The summed E-state index contributed by atoms with van der Waals surface area (Å²) in [6.45, 7) is 7.79. The highest BCUT2D eigenvalue weighted by Gasteiger charge is 2.16. The molecule has 0 heterocycles. The highest BCUT2D eigenvalue weighted by Crippen LogP contribution is 2.42. The average molecular weight is 298 g/mol. The van der Waals surface area contributed by atoms with Gasteiger partial charge in [0.2, 0.25) is 0 Å². The van der Waals surface area contributed by atoms with Crippen molar-refractivity contribution < 1.29 is 5.11 Å². The third-order valence-electron chi connectivity index (χ3n) is 3.94. The number of phenols is 1. The lowest BCUT2D eigenvalue weighted by Crippen LogP contribution is -1.92. The minimum absolute atomic E-state index is 0.238. The molecule has 0 saturated carbocycles. The molecular weight excluding hydrogens is 280 g/mol. The van der Waals surface area contributed by atoms with E-state index in [1.165, 1.54) is 0 Å². The Balaban J connectivity index is 2.33. The van der Waals surface area contributed by atoms with Gasteiger partial charge in [-0.3, -0.25) is 0 Å². The Hall–Kier alpha value is -3.06. The monoisotopic (exact) mass is 298 g/mol. The van der Waals surface area contributed by atoms with Crippen LogP contribution in [0, 0.1) is 0 Å². The Morgan fingerprint density at radius 2 is 1.30 bits per heavy atom. The number of rotatable bonds is 4. The van der Waals surface area contributed by atoms with E-state index in [1.54, 1.807) is 12.2 Å². The molecule has 0 aliphatic heterocycles. The van der Waals surface area contributed by atoms with Gasteiger partial charge in [-0.1, -0.05) is 86.0 Å². The topological polar surface area (TPSA) is 20.2 Å². The minimum Gasteiger partial charge on any atom is -0.507 e. The van der Waals surface area contributed by atoms with Crippen molar-refractivity contribution in [3.8, 4) is 28.0 Å². The number of phenolic OH excluding ortho intramolecular Hbond substituents is 1. The van der Waals surface area contributed by atoms with Crippen molar-refractivity contribution in [1.29, 1.82) is 0 Å². The van der Waals surface area contributed by atoms with E-state index in [0.29, 0.717) is 0 Å². The van der Waals surface area contributed by atoms with E-state index in [9.17, 15) is 5.11 Å². The Morgan fingerprint density at radius 3 is 1.83 bits per heavy atom. The van der Waals surface area contributed by atoms with Crippen LogP contribution >= 0.6 is 0 Å². The Kier molecular flexibility index (Phi) is 4.11. The summed E-state index contributed by atoms with van der Waals surface area (Å²) in [5.74, 6) is 0.238. The molecule has 23 heavy (non-hydrogen) atoms. The summed E-state index contributed by atoms with van der Waals surface area (Å²) in [4.78, 5) is 0. The zero-order valence-electron chi connectivity index (χ0n) is 12.9. The molecule has 0 atom stereocenters. The van der Waals surface area contributed by atoms with Crippen LogP contribution in [0.3, 0.4) is 0 Å². The first-order valence-electron chi connectivity index (χ1n) is 7.52. The molecule has 1 heteroatoms. The first kappa shape index (κ1) is 14.9. The fourth-order valence-electron chi connectivity index (χ4n) is 2.84. The van der Waals surface area contributed by atoms with Gasteiger partial charge in [0.15, 0.2) is 0 Å². The van der Waals surface area contributed by atoms with Crippen LogP contribution in [-0.2, 0) is 0 Å². The third-order valence-corrected chi connectivity index (χ3v) is 3.94. The predicted octanol–water partition coefficient (Wildman–Crippen LogP) is 6.01. The summed E-state index contributed by atoms with van der Waals surface area (Å²) in [6, 6.07) is 21.9. The van der Waals surface area contributed by atoms with Gasteiger partial charge in [-0.25, -0.2) is 0 Å². The molecule has 0 amide bonds. The van der Waals surface area contributed by atoms with Crippen molar-refractivity contribution >= 4 is 12.2 Å². The van der Waals surface area contributed by atoms with Crippen molar-refractivity contribution in [3.63, 3.8) is 0 Å². The molecular formula is C22H18O. The molecule has 0 aromatic heterocycles. The molecule has 0 radical (unpaired) electrons. The Bertz CT molecular complexity index is 846. The van der Waals surface area contributed by atoms with Crippen LogP contribution in [0.5, 0.6) is 5.75 Å². The molecule has 0 spiro atoms. The van der Waals surface area contributed by atoms with Crippen molar-refractivity contribution in [2.75, 3.05) is 0 Å². The maximum atomic E-state index is 10.9. The molecule has 0 fully saturated rings. The molecule has 3 rings (SSSR count). The van der Waals surface area contributed by atoms with Gasteiger partial charge in [-0.15, -0.1) is 0 Å². The van der Waals surface area contributed by atoms with E-state index in [4.69, 9.17) is 0 Å². The predicted molar refractivity (Wildman–Crippen MR) is 99.2 cm³/mol. The fraction of sp³-hybridized carbons (Fsp3) is 0. The largest absolute Gasteiger partial charge is 0.507 e. The molecule has 3 aromatic rings. The maximum Gasteiger partial charge on any atom is 0.131 e. The molecule has 1 N–H and O–H groups in total. The highest BCUT2D eigenvalue weighted by molar-refractivity contribution is 5.90. The van der Waals surface area contributed by atoms with E-state index in [0.717, 1.165) is 33.4 Å². The van der Waals surface area contributed by atoms with Gasteiger partial charge >= 0.3 is 0 Å². The van der Waals surface area contributed by atoms with Gasteiger partial charge in [0.05, 0.1) is 0 Å². The Morgan fingerprint density at radius 1 is 0.739 bits per heavy atom. The van der Waals surface area contributed by atoms with E-state index >= 15 is 0 Å². The van der Waals surface area contributed by atoms with E-state index < -0.39 is 0 Å². The van der Waals surface area contributed by atoms with Gasteiger partial charge < -0.3 is 5.11 Å². The van der Waals surface area contributed by atoms with Crippen LogP contribution < -0.4 is 0 Å². The molecule has 112 valence electrons. The van der Waals surface area contributed by atoms with Gasteiger partial charge in [-0.05, 0) is 28.3 Å². The first-order valence-corrected chi connectivity index (χ1v) is 7.52. The highest BCUT2D eigenvalue weighted by atomic mass is 16.3. The van der Waals surface area contributed by atoms with E-state index in [2.05, 4.69) is 19.2 Å². The van der Waals surface area contributed by atoms with E-state index in [-0.39, 0.29) is 5.75 Å². The van der Waals surface area contributed by atoms with Crippen LogP contribution in [0.25, 0.3) is 34.4 Å². The molecule has 0 bridgehead atoms. The lowest BCUT2D eigenvalue weighted by Gasteiger charge is -2.16. The number of hydrogen-bond acceptors (Lipinski definition) is 1. The van der Waals surface area contributed by atoms with Crippen LogP contribution in [0.15, 0.2) is 79.9 Å². The maximum absolute atomic E-state index is 10.9.